The molecule has 1 unspecified atom stereocenters. The van der Waals surface area contributed by atoms with Crippen molar-refractivity contribution in [3.8, 4) is 0 Å². The number of morpholine rings is 1. The Morgan fingerprint density at radius 2 is 2.44 bits per heavy atom. The zero-order chi connectivity index (χ0) is 11.5. The Balaban J connectivity index is 2.21. The summed E-state index contributed by atoms with van der Waals surface area (Å²) in [6, 6.07) is 4.48. The predicted molar refractivity (Wildman–Crippen MR) is 64.5 cm³/mol. The van der Waals surface area contributed by atoms with Crippen molar-refractivity contribution in [3.05, 3.63) is 23.9 Å². The maximum Gasteiger partial charge on any atom is 0.129 e. The number of anilines is 1. The predicted octanol–water partition coefficient (Wildman–Crippen LogP) is 1.33. The third-order valence-electron chi connectivity index (χ3n) is 2.96. The van der Waals surface area contributed by atoms with Gasteiger partial charge in [-0.15, -0.1) is 0 Å². The molecular weight excluding hydrogens is 202 g/mol. The summed E-state index contributed by atoms with van der Waals surface area (Å²) in [5, 5.41) is 0. The van der Waals surface area contributed by atoms with Crippen LogP contribution in [0.5, 0.6) is 0 Å². The van der Waals surface area contributed by atoms with Crippen LogP contribution in [-0.4, -0.2) is 30.8 Å². The van der Waals surface area contributed by atoms with Crippen LogP contribution in [0.3, 0.4) is 0 Å². The number of hydrogen-bond acceptors (Lipinski definition) is 4. The Morgan fingerprint density at radius 3 is 3.12 bits per heavy atom. The van der Waals surface area contributed by atoms with Crippen LogP contribution in [0.4, 0.5) is 5.82 Å². The van der Waals surface area contributed by atoms with E-state index in [1.807, 2.05) is 19.2 Å². The minimum atomic E-state index is 0.0538. The van der Waals surface area contributed by atoms with Gasteiger partial charge in [-0.05, 0) is 31.5 Å². The molecule has 88 valence electrons. The van der Waals surface area contributed by atoms with Gasteiger partial charge in [0.1, 0.15) is 5.82 Å². The van der Waals surface area contributed by atoms with E-state index in [1.165, 1.54) is 0 Å². The molecule has 1 aromatic rings. The first-order valence-electron chi connectivity index (χ1n) is 5.74. The highest BCUT2D eigenvalue weighted by Gasteiger charge is 2.20. The summed E-state index contributed by atoms with van der Waals surface area (Å²) in [4.78, 5) is 6.68. The van der Waals surface area contributed by atoms with Crippen LogP contribution in [-0.2, 0) is 4.74 Å². The van der Waals surface area contributed by atoms with Crippen molar-refractivity contribution in [2.45, 2.75) is 25.9 Å². The van der Waals surface area contributed by atoms with Gasteiger partial charge in [0.15, 0.2) is 0 Å². The Kier molecular flexibility index (Phi) is 3.41. The van der Waals surface area contributed by atoms with Gasteiger partial charge in [-0.25, -0.2) is 4.98 Å². The summed E-state index contributed by atoms with van der Waals surface area (Å²) < 4.78 is 5.42. The fourth-order valence-corrected chi connectivity index (χ4v) is 1.94. The second-order valence-electron chi connectivity index (χ2n) is 4.35. The number of ether oxygens (including phenoxy) is 1. The van der Waals surface area contributed by atoms with E-state index in [4.69, 9.17) is 10.5 Å². The van der Waals surface area contributed by atoms with E-state index in [9.17, 15) is 0 Å². The lowest BCUT2D eigenvalue weighted by Gasteiger charge is -2.34. The van der Waals surface area contributed by atoms with Gasteiger partial charge >= 0.3 is 0 Å². The molecule has 0 amide bonds. The van der Waals surface area contributed by atoms with Crippen molar-refractivity contribution in [1.82, 2.24) is 4.98 Å². The monoisotopic (exact) mass is 221 g/mol. The first-order chi connectivity index (χ1) is 7.68. The zero-order valence-electron chi connectivity index (χ0n) is 9.89. The number of nitrogens with zero attached hydrogens (tertiary/aromatic N) is 2. The summed E-state index contributed by atoms with van der Waals surface area (Å²) in [5.41, 5.74) is 7.00. The van der Waals surface area contributed by atoms with E-state index in [-0.39, 0.29) is 6.04 Å². The van der Waals surface area contributed by atoms with Crippen LogP contribution >= 0.6 is 0 Å². The Hall–Kier alpha value is -1.13. The van der Waals surface area contributed by atoms with Gasteiger partial charge in [-0.2, -0.15) is 0 Å². The first-order valence-corrected chi connectivity index (χ1v) is 5.74. The van der Waals surface area contributed by atoms with Crippen LogP contribution in [0.15, 0.2) is 18.3 Å². The molecule has 2 rings (SSSR count). The van der Waals surface area contributed by atoms with Crippen molar-refractivity contribution in [2.24, 2.45) is 5.73 Å². The molecule has 2 atom stereocenters. The molecule has 2 N–H and O–H groups in total. The topological polar surface area (TPSA) is 51.4 Å². The number of nitrogens with two attached hydrogens (primary N) is 1. The minimum Gasteiger partial charge on any atom is -0.377 e. The van der Waals surface area contributed by atoms with E-state index in [0.717, 1.165) is 31.1 Å². The van der Waals surface area contributed by atoms with Crippen molar-refractivity contribution >= 4 is 5.82 Å². The highest BCUT2D eigenvalue weighted by Crippen LogP contribution is 2.20. The maximum absolute atomic E-state index is 5.88. The molecule has 4 nitrogen and oxygen atoms in total. The van der Waals surface area contributed by atoms with Gasteiger partial charge in [-0.3, -0.25) is 0 Å². The molecule has 0 aromatic carbocycles. The Labute approximate surface area is 96.4 Å². The van der Waals surface area contributed by atoms with Gasteiger partial charge in [-0.1, -0.05) is 0 Å². The molecule has 0 saturated carbocycles. The lowest BCUT2D eigenvalue weighted by molar-refractivity contribution is 0.0985. The SMILES string of the molecule is CC1COCCN1c1cc([C@@H](C)N)ccn1. The Bertz CT molecular complexity index is 354. The summed E-state index contributed by atoms with van der Waals surface area (Å²) >= 11 is 0. The van der Waals surface area contributed by atoms with Gasteiger partial charge in [0, 0.05) is 18.8 Å². The largest absolute Gasteiger partial charge is 0.377 e. The summed E-state index contributed by atoms with van der Waals surface area (Å²) in [6.45, 7) is 6.58. The molecular formula is C12H19N3O. The van der Waals surface area contributed by atoms with Crippen molar-refractivity contribution in [1.29, 1.82) is 0 Å². The molecule has 2 heterocycles. The number of rotatable bonds is 2. The summed E-state index contributed by atoms with van der Waals surface area (Å²) in [5.74, 6) is 1.01. The molecule has 0 spiro atoms. The number of pyridine rings is 1. The highest BCUT2D eigenvalue weighted by atomic mass is 16.5. The standard InChI is InChI=1S/C12H19N3O/c1-9-8-16-6-5-15(9)12-7-11(10(2)13)3-4-14-12/h3-4,7,9-10H,5-6,8,13H2,1-2H3/t9?,10-/m1/s1. The van der Waals surface area contributed by atoms with E-state index in [1.54, 1.807) is 0 Å². The molecule has 0 bridgehead atoms. The van der Waals surface area contributed by atoms with Crippen molar-refractivity contribution in [2.75, 3.05) is 24.7 Å². The van der Waals surface area contributed by atoms with E-state index in [2.05, 4.69) is 22.9 Å². The third-order valence-corrected chi connectivity index (χ3v) is 2.96. The molecule has 1 aliphatic rings. The first kappa shape index (κ1) is 11.4. The second kappa shape index (κ2) is 4.80. The van der Waals surface area contributed by atoms with Crippen LogP contribution < -0.4 is 10.6 Å². The van der Waals surface area contributed by atoms with E-state index < -0.39 is 0 Å². The highest BCUT2D eigenvalue weighted by molar-refractivity contribution is 5.43. The molecule has 1 aromatic heterocycles. The fourth-order valence-electron chi connectivity index (χ4n) is 1.94. The molecule has 0 aliphatic carbocycles. The van der Waals surface area contributed by atoms with Crippen LogP contribution in [0.25, 0.3) is 0 Å². The van der Waals surface area contributed by atoms with Crippen LogP contribution in [0.1, 0.15) is 25.5 Å². The second-order valence-corrected chi connectivity index (χ2v) is 4.35. The number of aromatic nitrogens is 1. The van der Waals surface area contributed by atoms with Crippen LogP contribution in [0.2, 0.25) is 0 Å². The molecule has 1 fully saturated rings. The molecule has 1 aliphatic heterocycles. The quantitative estimate of drug-likeness (QED) is 0.818. The summed E-state index contributed by atoms with van der Waals surface area (Å²) in [7, 11) is 0. The van der Waals surface area contributed by atoms with Gasteiger partial charge in [0.25, 0.3) is 0 Å². The molecule has 16 heavy (non-hydrogen) atoms. The van der Waals surface area contributed by atoms with E-state index in [0.29, 0.717) is 6.04 Å². The molecule has 4 heteroatoms. The fraction of sp³-hybridized carbons (Fsp3) is 0.583. The van der Waals surface area contributed by atoms with Gasteiger partial charge in [0.2, 0.25) is 0 Å². The average molecular weight is 221 g/mol. The average Bonchev–Trinajstić information content (AvgIpc) is 2.30. The van der Waals surface area contributed by atoms with Gasteiger partial charge < -0.3 is 15.4 Å². The van der Waals surface area contributed by atoms with E-state index >= 15 is 0 Å². The van der Waals surface area contributed by atoms with Crippen LogP contribution in [0, 0.1) is 0 Å². The zero-order valence-corrected chi connectivity index (χ0v) is 9.89. The summed E-state index contributed by atoms with van der Waals surface area (Å²) in [6.07, 6.45) is 1.83. The Morgan fingerprint density at radius 1 is 1.62 bits per heavy atom. The lowest BCUT2D eigenvalue weighted by Crippen LogP contribution is -2.44. The molecule has 0 radical (unpaired) electrons. The minimum absolute atomic E-state index is 0.0538. The smallest absolute Gasteiger partial charge is 0.129 e. The normalized spacial score (nSPS) is 23.2. The molecule has 1 saturated heterocycles. The maximum atomic E-state index is 5.88. The van der Waals surface area contributed by atoms with Crippen molar-refractivity contribution in [3.63, 3.8) is 0 Å². The van der Waals surface area contributed by atoms with Gasteiger partial charge in [0.05, 0.1) is 19.3 Å². The lowest BCUT2D eigenvalue weighted by atomic mass is 10.1. The number of hydrogen-bond donors (Lipinski definition) is 1. The third kappa shape index (κ3) is 2.33. The van der Waals surface area contributed by atoms with Crippen molar-refractivity contribution < 1.29 is 4.74 Å².